The fraction of sp³-hybridized carbons (Fsp3) is 0.217. The number of para-hydroxylation sites is 1. The van der Waals surface area contributed by atoms with Gasteiger partial charge in [0.1, 0.15) is 28.5 Å². The number of carbonyl (C=O) groups is 1. The second kappa shape index (κ2) is 9.42. The number of hydrogen-bond donors (Lipinski definition) is 1. The summed E-state index contributed by atoms with van der Waals surface area (Å²) in [7, 11) is 0. The summed E-state index contributed by atoms with van der Waals surface area (Å²) in [4.78, 5) is 20.8. The highest BCUT2D eigenvalue weighted by Crippen LogP contribution is 2.32. The zero-order chi connectivity index (χ0) is 22.5. The summed E-state index contributed by atoms with van der Waals surface area (Å²) < 4.78 is 29.5. The molecule has 4 rings (SSSR count). The Morgan fingerprint density at radius 3 is 2.59 bits per heavy atom. The van der Waals surface area contributed by atoms with Crippen LogP contribution in [0.1, 0.15) is 30.0 Å². The van der Waals surface area contributed by atoms with E-state index >= 15 is 0 Å². The molecule has 32 heavy (non-hydrogen) atoms. The number of fused-ring (bicyclic) bond motifs is 1. The van der Waals surface area contributed by atoms with Crippen LogP contribution in [0, 0.1) is 5.82 Å². The molecule has 8 nitrogen and oxygen atoms in total. The molecule has 9 heteroatoms. The van der Waals surface area contributed by atoms with Crippen molar-refractivity contribution in [3.8, 4) is 17.0 Å². The Morgan fingerprint density at radius 1 is 1.06 bits per heavy atom. The van der Waals surface area contributed by atoms with Crippen LogP contribution >= 0.6 is 0 Å². The van der Waals surface area contributed by atoms with E-state index in [0.29, 0.717) is 35.6 Å². The fourth-order valence-corrected chi connectivity index (χ4v) is 3.20. The maximum absolute atomic E-state index is 13.4. The van der Waals surface area contributed by atoms with E-state index in [2.05, 4.69) is 20.4 Å². The van der Waals surface area contributed by atoms with Crippen LogP contribution in [0.4, 0.5) is 10.2 Å². The Bertz CT molecular complexity index is 1240. The first-order valence-electron chi connectivity index (χ1n) is 10.2. The molecule has 0 saturated carbocycles. The van der Waals surface area contributed by atoms with Crippen LogP contribution in [0.15, 0.2) is 53.1 Å². The highest BCUT2D eigenvalue weighted by molar-refractivity contribution is 5.99. The standard InChI is InChI=1S/C23H21FN4O4/c1-3-30-17-8-6-5-7-15(17)13-25-20-18-19(14-9-11-16(24)12-10-14)28-32-22(18)27-21(26-20)23(29)31-4-2/h5-12H,3-4,13H2,1-2H3,(H,25,26,27). The molecular formula is C23H21FN4O4. The van der Waals surface area contributed by atoms with E-state index in [-0.39, 0.29) is 24.0 Å². The maximum atomic E-state index is 13.4. The molecule has 0 spiro atoms. The summed E-state index contributed by atoms with van der Waals surface area (Å²) in [6.07, 6.45) is 0. The molecule has 2 heterocycles. The topological polar surface area (TPSA) is 99.4 Å². The van der Waals surface area contributed by atoms with Crippen molar-refractivity contribution in [1.82, 2.24) is 15.1 Å². The predicted octanol–water partition coefficient (Wildman–Crippen LogP) is 4.61. The quantitative estimate of drug-likeness (QED) is 0.400. The number of anilines is 1. The molecule has 0 amide bonds. The largest absolute Gasteiger partial charge is 0.494 e. The van der Waals surface area contributed by atoms with Gasteiger partial charge < -0.3 is 19.3 Å². The Balaban J connectivity index is 1.78. The Morgan fingerprint density at radius 2 is 1.84 bits per heavy atom. The van der Waals surface area contributed by atoms with Crippen molar-refractivity contribution >= 4 is 22.9 Å². The van der Waals surface area contributed by atoms with Crippen molar-refractivity contribution in [1.29, 1.82) is 0 Å². The van der Waals surface area contributed by atoms with Gasteiger partial charge in [0.25, 0.3) is 5.71 Å². The van der Waals surface area contributed by atoms with Gasteiger partial charge in [0.2, 0.25) is 5.82 Å². The van der Waals surface area contributed by atoms with Gasteiger partial charge in [0, 0.05) is 17.7 Å². The molecular weight excluding hydrogens is 415 g/mol. The molecule has 4 aromatic rings. The van der Waals surface area contributed by atoms with Crippen LogP contribution in [-0.4, -0.2) is 34.3 Å². The summed E-state index contributed by atoms with van der Waals surface area (Å²) in [6, 6.07) is 13.4. The molecule has 0 unspecified atom stereocenters. The second-order valence-corrected chi connectivity index (χ2v) is 6.73. The number of hydrogen-bond acceptors (Lipinski definition) is 8. The lowest BCUT2D eigenvalue weighted by Gasteiger charge is -2.12. The average molecular weight is 436 g/mol. The van der Waals surface area contributed by atoms with Crippen LogP contribution in [0.3, 0.4) is 0 Å². The molecule has 0 aliphatic heterocycles. The highest BCUT2D eigenvalue weighted by atomic mass is 19.1. The number of carbonyl (C=O) groups excluding carboxylic acids is 1. The van der Waals surface area contributed by atoms with Crippen molar-refractivity contribution in [2.24, 2.45) is 0 Å². The van der Waals surface area contributed by atoms with Crippen LogP contribution < -0.4 is 10.1 Å². The van der Waals surface area contributed by atoms with Gasteiger partial charge >= 0.3 is 5.97 Å². The van der Waals surface area contributed by atoms with Gasteiger partial charge in [-0.15, -0.1) is 0 Å². The van der Waals surface area contributed by atoms with E-state index in [1.165, 1.54) is 12.1 Å². The monoisotopic (exact) mass is 436 g/mol. The van der Waals surface area contributed by atoms with Crippen molar-refractivity contribution in [3.05, 3.63) is 65.7 Å². The number of benzene rings is 2. The highest BCUT2D eigenvalue weighted by Gasteiger charge is 2.22. The summed E-state index contributed by atoms with van der Waals surface area (Å²) >= 11 is 0. The third-order valence-electron chi connectivity index (χ3n) is 4.63. The van der Waals surface area contributed by atoms with Crippen molar-refractivity contribution in [2.45, 2.75) is 20.4 Å². The predicted molar refractivity (Wildman–Crippen MR) is 116 cm³/mol. The molecule has 2 aromatic carbocycles. The zero-order valence-corrected chi connectivity index (χ0v) is 17.6. The van der Waals surface area contributed by atoms with E-state index in [0.717, 1.165) is 11.3 Å². The minimum atomic E-state index is -0.674. The van der Waals surface area contributed by atoms with Crippen molar-refractivity contribution in [3.63, 3.8) is 0 Å². The van der Waals surface area contributed by atoms with E-state index in [1.54, 1.807) is 19.1 Å². The first-order chi connectivity index (χ1) is 15.6. The SMILES string of the molecule is CCOC(=O)c1nc(NCc2ccccc2OCC)c2c(-c3ccc(F)cc3)noc2n1. The Kier molecular flexibility index (Phi) is 6.25. The third-order valence-corrected chi connectivity index (χ3v) is 4.63. The molecule has 0 atom stereocenters. The van der Waals surface area contributed by atoms with Gasteiger partial charge in [-0.05, 0) is 44.2 Å². The minimum Gasteiger partial charge on any atom is -0.494 e. The molecule has 0 fully saturated rings. The van der Waals surface area contributed by atoms with Crippen LogP contribution in [0.5, 0.6) is 5.75 Å². The molecule has 0 aliphatic carbocycles. The van der Waals surface area contributed by atoms with Crippen LogP contribution in [0.2, 0.25) is 0 Å². The molecule has 1 N–H and O–H groups in total. The number of ether oxygens (including phenoxy) is 2. The summed E-state index contributed by atoms with van der Waals surface area (Å²) in [5.41, 5.74) is 2.06. The Labute approximate surface area is 183 Å². The number of halogens is 1. The van der Waals surface area contributed by atoms with Crippen molar-refractivity contribution in [2.75, 3.05) is 18.5 Å². The Hall–Kier alpha value is -4.01. The first kappa shape index (κ1) is 21.2. The maximum Gasteiger partial charge on any atom is 0.376 e. The molecule has 0 bridgehead atoms. The van der Waals surface area contributed by atoms with Crippen molar-refractivity contribution < 1.29 is 23.2 Å². The minimum absolute atomic E-state index is 0.114. The van der Waals surface area contributed by atoms with Gasteiger partial charge in [-0.2, -0.15) is 4.98 Å². The number of esters is 1. The fourth-order valence-electron chi connectivity index (χ4n) is 3.20. The van der Waals surface area contributed by atoms with E-state index in [9.17, 15) is 9.18 Å². The lowest BCUT2D eigenvalue weighted by atomic mass is 10.1. The third kappa shape index (κ3) is 4.36. The number of rotatable bonds is 8. The number of nitrogens with zero attached hydrogens (tertiary/aromatic N) is 3. The van der Waals surface area contributed by atoms with E-state index in [1.807, 2.05) is 31.2 Å². The molecule has 0 aliphatic rings. The van der Waals surface area contributed by atoms with Gasteiger partial charge in [-0.25, -0.2) is 14.2 Å². The lowest BCUT2D eigenvalue weighted by Crippen LogP contribution is -2.12. The van der Waals surface area contributed by atoms with Crippen LogP contribution in [0.25, 0.3) is 22.4 Å². The number of aromatic nitrogens is 3. The normalized spacial score (nSPS) is 10.8. The molecule has 0 saturated heterocycles. The van der Waals surface area contributed by atoms with E-state index in [4.69, 9.17) is 14.0 Å². The summed E-state index contributed by atoms with van der Waals surface area (Å²) in [5, 5.41) is 7.79. The van der Waals surface area contributed by atoms with Crippen LogP contribution in [-0.2, 0) is 11.3 Å². The van der Waals surface area contributed by atoms with Gasteiger partial charge in [-0.3, -0.25) is 0 Å². The van der Waals surface area contributed by atoms with Gasteiger partial charge in [0.15, 0.2) is 0 Å². The van der Waals surface area contributed by atoms with E-state index < -0.39 is 5.97 Å². The van der Waals surface area contributed by atoms with Gasteiger partial charge in [-0.1, -0.05) is 23.4 Å². The lowest BCUT2D eigenvalue weighted by molar-refractivity contribution is 0.0512. The second-order valence-electron chi connectivity index (χ2n) is 6.73. The van der Waals surface area contributed by atoms with Gasteiger partial charge in [0.05, 0.1) is 13.2 Å². The molecule has 164 valence electrons. The smallest absolute Gasteiger partial charge is 0.376 e. The molecule has 0 radical (unpaired) electrons. The first-order valence-corrected chi connectivity index (χ1v) is 10.2. The average Bonchev–Trinajstić information content (AvgIpc) is 3.23. The summed E-state index contributed by atoms with van der Waals surface area (Å²) in [5.74, 6) is -0.116. The number of nitrogens with one attached hydrogen (secondary N) is 1. The zero-order valence-electron chi connectivity index (χ0n) is 17.6. The summed E-state index contributed by atoms with van der Waals surface area (Å²) in [6.45, 7) is 4.68. The molecule has 2 aromatic heterocycles.